The number of sulfone groups is 1. The minimum absolute atomic E-state index is 0. The van der Waals surface area contributed by atoms with E-state index >= 15 is 0 Å². The Kier molecular flexibility index (Phi) is 30.4. The molecular formula is C30H54FNaO7S2. The third kappa shape index (κ3) is 29.9. The molecule has 236 valence electrons. The number of hydrogen-bond acceptors (Lipinski definition) is 7. The van der Waals surface area contributed by atoms with Crippen LogP contribution in [-0.4, -0.2) is 60.7 Å². The summed E-state index contributed by atoms with van der Waals surface area (Å²) in [6.45, 7) is 3.15. The monoisotopic (exact) mass is 632 g/mol. The minimum Gasteiger partial charge on any atom is -0.773 e. The zero-order chi connectivity index (χ0) is 30.1. The van der Waals surface area contributed by atoms with Crippen molar-refractivity contribution in [3.63, 3.8) is 0 Å². The van der Waals surface area contributed by atoms with Crippen LogP contribution in [0.4, 0.5) is 4.39 Å². The SMILES string of the molecule is CCCCCCCCCCCCCCCCCCOC[C@@H](O)COCc1cc(F)cc(S(C)(=O)=O)c1.CS(=O)[O-].[Na+]. The van der Waals surface area contributed by atoms with E-state index in [0.29, 0.717) is 12.2 Å². The van der Waals surface area contributed by atoms with Crippen LogP contribution >= 0.6 is 0 Å². The fraction of sp³-hybridized carbons (Fsp3) is 0.800. The van der Waals surface area contributed by atoms with E-state index in [0.717, 1.165) is 31.4 Å². The molecule has 0 radical (unpaired) electrons. The summed E-state index contributed by atoms with van der Waals surface area (Å²) < 4.78 is 65.7. The average molecular weight is 633 g/mol. The number of hydrogen-bond donors (Lipinski definition) is 1. The molecule has 0 amide bonds. The summed E-state index contributed by atoms with van der Waals surface area (Å²) in [5.74, 6) is -0.626. The number of aliphatic hydroxyl groups is 1. The molecule has 0 bridgehead atoms. The molecule has 1 unspecified atom stereocenters. The van der Waals surface area contributed by atoms with Crippen LogP contribution in [0, 0.1) is 5.82 Å². The number of aliphatic hydroxyl groups excluding tert-OH is 1. The topological polar surface area (TPSA) is 113 Å². The predicted octanol–water partition coefficient (Wildman–Crippen LogP) is 3.88. The molecule has 1 N–H and O–H groups in total. The van der Waals surface area contributed by atoms with Crippen LogP contribution in [0.3, 0.4) is 0 Å². The van der Waals surface area contributed by atoms with E-state index in [1.807, 2.05) is 0 Å². The molecular weight excluding hydrogens is 578 g/mol. The largest absolute Gasteiger partial charge is 1.00 e. The van der Waals surface area contributed by atoms with Crippen molar-refractivity contribution in [2.75, 3.05) is 32.3 Å². The Hall–Kier alpha value is 0.0900. The van der Waals surface area contributed by atoms with Crippen molar-refractivity contribution in [3.8, 4) is 0 Å². The Balaban J connectivity index is 0. The van der Waals surface area contributed by atoms with E-state index in [9.17, 15) is 17.9 Å². The molecule has 7 nitrogen and oxygen atoms in total. The fourth-order valence-corrected chi connectivity index (χ4v) is 4.94. The molecule has 0 spiro atoms. The van der Waals surface area contributed by atoms with Gasteiger partial charge in [-0.1, -0.05) is 114 Å². The molecule has 0 aliphatic heterocycles. The van der Waals surface area contributed by atoms with Gasteiger partial charge in [-0.2, -0.15) is 0 Å². The first kappa shape index (κ1) is 43.2. The Bertz CT molecular complexity index is 868. The van der Waals surface area contributed by atoms with Crippen molar-refractivity contribution in [1.29, 1.82) is 0 Å². The standard InChI is InChI=1S/C29H51FO5S.CH4O2S.Na/c1-3-4-5-6-7-8-9-10-11-12-13-14-15-16-17-18-19-34-24-28(31)25-35-23-26-20-27(30)22-29(21-26)36(2,32)33;1-4(2)3;/h20-22,28,31H,3-19,23-25H2,1-2H3;1H3,(H,2,3);/q;;+1/p-1/t28-;;/m1../s1. The first-order valence-electron chi connectivity index (χ1n) is 14.9. The number of benzene rings is 1. The van der Waals surface area contributed by atoms with E-state index in [1.165, 1.54) is 102 Å². The van der Waals surface area contributed by atoms with Gasteiger partial charge in [-0.15, -0.1) is 0 Å². The summed E-state index contributed by atoms with van der Waals surface area (Å²) in [6, 6.07) is 3.60. The molecule has 41 heavy (non-hydrogen) atoms. The van der Waals surface area contributed by atoms with E-state index < -0.39 is 32.8 Å². The summed E-state index contributed by atoms with van der Waals surface area (Å²) in [5.41, 5.74) is 0.414. The predicted molar refractivity (Wildman–Crippen MR) is 160 cm³/mol. The van der Waals surface area contributed by atoms with Gasteiger partial charge in [-0.05, 0) is 36.4 Å². The summed E-state index contributed by atoms with van der Waals surface area (Å²) in [5, 5.41) is 9.98. The summed E-state index contributed by atoms with van der Waals surface area (Å²) in [4.78, 5) is -0.0798. The van der Waals surface area contributed by atoms with Crippen LogP contribution in [-0.2, 0) is 37.0 Å². The van der Waals surface area contributed by atoms with Crippen molar-refractivity contribution in [2.24, 2.45) is 0 Å². The van der Waals surface area contributed by atoms with Gasteiger partial charge in [0.25, 0.3) is 0 Å². The maximum atomic E-state index is 13.6. The maximum Gasteiger partial charge on any atom is 1.00 e. The van der Waals surface area contributed by atoms with E-state index in [-0.39, 0.29) is 54.3 Å². The molecule has 0 fully saturated rings. The van der Waals surface area contributed by atoms with Crippen molar-refractivity contribution in [3.05, 3.63) is 29.6 Å². The summed E-state index contributed by atoms with van der Waals surface area (Å²) in [6.07, 6.45) is 22.6. The second-order valence-electron chi connectivity index (χ2n) is 10.5. The number of unbranched alkanes of at least 4 members (excludes halogenated alkanes) is 15. The van der Waals surface area contributed by atoms with Gasteiger partial charge >= 0.3 is 29.6 Å². The smallest absolute Gasteiger partial charge is 0.773 e. The van der Waals surface area contributed by atoms with E-state index in [1.54, 1.807) is 0 Å². The molecule has 0 aliphatic rings. The maximum absolute atomic E-state index is 13.6. The Morgan fingerprint density at radius 1 is 0.829 bits per heavy atom. The molecule has 11 heteroatoms. The van der Waals surface area contributed by atoms with Crippen LogP contribution in [0.15, 0.2) is 23.1 Å². The first-order valence-corrected chi connectivity index (χ1v) is 18.3. The normalized spacial score (nSPS) is 12.7. The Morgan fingerprint density at radius 2 is 1.24 bits per heavy atom. The van der Waals surface area contributed by atoms with Gasteiger partial charge in [0.2, 0.25) is 0 Å². The van der Waals surface area contributed by atoms with Crippen molar-refractivity contribution in [2.45, 2.75) is 127 Å². The molecule has 0 aromatic heterocycles. The fourth-order valence-electron chi connectivity index (χ4n) is 4.25. The number of rotatable bonds is 24. The van der Waals surface area contributed by atoms with Gasteiger partial charge in [0.15, 0.2) is 9.84 Å². The van der Waals surface area contributed by atoms with Crippen LogP contribution in [0.2, 0.25) is 0 Å². The zero-order valence-electron chi connectivity index (χ0n) is 26.0. The number of halogens is 1. The molecule has 1 rings (SSSR count). The van der Waals surface area contributed by atoms with Gasteiger partial charge in [-0.3, -0.25) is 4.21 Å². The average Bonchev–Trinajstić information content (AvgIpc) is 2.87. The van der Waals surface area contributed by atoms with Crippen LogP contribution < -0.4 is 29.6 Å². The molecule has 1 aromatic rings. The van der Waals surface area contributed by atoms with Gasteiger partial charge in [0.05, 0.1) is 24.7 Å². The summed E-state index contributed by atoms with van der Waals surface area (Å²) in [7, 11) is -3.49. The van der Waals surface area contributed by atoms with Crippen LogP contribution in [0.25, 0.3) is 0 Å². The van der Waals surface area contributed by atoms with Crippen molar-refractivity contribution >= 4 is 20.9 Å². The van der Waals surface area contributed by atoms with Crippen LogP contribution in [0.5, 0.6) is 0 Å². The molecule has 0 heterocycles. The third-order valence-corrected chi connectivity index (χ3v) is 7.48. The molecule has 2 atom stereocenters. The van der Waals surface area contributed by atoms with Crippen molar-refractivity contribution in [1.82, 2.24) is 0 Å². The molecule has 0 saturated heterocycles. The summed E-state index contributed by atoms with van der Waals surface area (Å²) >= 11 is -1.86. The van der Waals surface area contributed by atoms with Crippen LogP contribution in [0.1, 0.15) is 115 Å². The number of ether oxygens (including phenoxy) is 2. The van der Waals surface area contributed by atoms with Gasteiger partial charge in [0.1, 0.15) is 11.9 Å². The van der Waals surface area contributed by atoms with E-state index in [4.69, 9.17) is 18.2 Å². The Morgan fingerprint density at radius 3 is 1.68 bits per heavy atom. The third-order valence-electron chi connectivity index (χ3n) is 6.39. The minimum atomic E-state index is -3.49. The van der Waals surface area contributed by atoms with Gasteiger partial charge < -0.3 is 19.1 Å². The van der Waals surface area contributed by atoms with Gasteiger partial charge in [0, 0.05) is 12.9 Å². The molecule has 1 aromatic carbocycles. The quantitative estimate of drug-likeness (QED) is 0.105. The van der Waals surface area contributed by atoms with Crippen molar-refractivity contribution < 1.29 is 65.7 Å². The second-order valence-corrected chi connectivity index (χ2v) is 13.3. The second kappa shape index (κ2) is 28.8. The zero-order valence-corrected chi connectivity index (χ0v) is 29.7. The molecule has 0 saturated carbocycles. The van der Waals surface area contributed by atoms with Gasteiger partial charge in [-0.25, -0.2) is 12.8 Å². The molecule has 0 aliphatic carbocycles. The Labute approximate surface area is 274 Å². The van der Waals surface area contributed by atoms with E-state index in [2.05, 4.69) is 6.92 Å². The first-order chi connectivity index (χ1) is 19.1.